The van der Waals surface area contributed by atoms with Gasteiger partial charge in [-0.25, -0.2) is 0 Å². The molecule has 4 heteroatoms. The van der Waals surface area contributed by atoms with Crippen molar-refractivity contribution in [1.82, 2.24) is 10.2 Å². The molecule has 1 aromatic rings. The molecule has 0 unspecified atom stereocenters. The van der Waals surface area contributed by atoms with E-state index in [4.69, 9.17) is 5.41 Å². The van der Waals surface area contributed by atoms with Gasteiger partial charge < -0.3 is 15.5 Å². The number of hydrogen-bond acceptors (Lipinski definition) is 3. The van der Waals surface area contributed by atoms with Crippen molar-refractivity contribution in [1.29, 1.82) is 5.41 Å². The highest BCUT2D eigenvalue weighted by Crippen LogP contribution is 2.22. The van der Waals surface area contributed by atoms with Crippen LogP contribution in [0.5, 0.6) is 0 Å². The van der Waals surface area contributed by atoms with Crippen LogP contribution in [0.15, 0.2) is 42.6 Å². The third kappa shape index (κ3) is 4.60. The minimum Gasteiger partial charge on any atom is -0.362 e. The fourth-order valence-electron chi connectivity index (χ4n) is 2.82. The molecule has 0 aliphatic heterocycles. The van der Waals surface area contributed by atoms with Gasteiger partial charge >= 0.3 is 0 Å². The molecular weight excluding hydrogens is 260 g/mol. The fourth-order valence-corrected chi connectivity index (χ4v) is 2.82. The second-order valence-corrected chi connectivity index (χ2v) is 5.63. The second-order valence-electron chi connectivity index (χ2n) is 5.63. The van der Waals surface area contributed by atoms with Crippen LogP contribution in [0.2, 0.25) is 0 Å². The van der Waals surface area contributed by atoms with Crippen LogP contribution in [0.4, 0.5) is 5.69 Å². The molecule has 0 atom stereocenters. The topological polar surface area (TPSA) is 51.2 Å². The highest BCUT2D eigenvalue weighted by molar-refractivity contribution is 5.90. The number of hydrogen-bond donors (Lipinski definition) is 3. The first-order valence-electron chi connectivity index (χ1n) is 7.67. The van der Waals surface area contributed by atoms with Crippen LogP contribution in [-0.2, 0) is 0 Å². The maximum Gasteiger partial charge on any atom is 0.122 e. The molecule has 0 bridgehead atoms. The van der Waals surface area contributed by atoms with E-state index in [1.165, 1.54) is 12.8 Å². The van der Waals surface area contributed by atoms with E-state index < -0.39 is 0 Å². The summed E-state index contributed by atoms with van der Waals surface area (Å²) in [5.41, 5.74) is 1.04. The zero-order valence-corrected chi connectivity index (χ0v) is 13.0. The van der Waals surface area contributed by atoms with Gasteiger partial charge in [-0.3, -0.25) is 5.41 Å². The molecule has 0 radical (unpaired) electrons. The molecule has 1 aliphatic rings. The van der Waals surface area contributed by atoms with Gasteiger partial charge in [-0.2, -0.15) is 0 Å². The second kappa shape index (κ2) is 7.84. The molecule has 2 rings (SSSR count). The predicted octanol–water partition coefficient (Wildman–Crippen LogP) is 3.05. The van der Waals surface area contributed by atoms with E-state index in [9.17, 15) is 0 Å². The van der Waals surface area contributed by atoms with E-state index in [2.05, 4.69) is 15.5 Å². The van der Waals surface area contributed by atoms with E-state index >= 15 is 0 Å². The van der Waals surface area contributed by atoms with Crippen molar-refractivity contribution >= 4 is 11.5 Å². The van der Waals surface area contributed by atoms with E-state index in [1.54, 1.807) is 0 Å². The molecule has 4 nitrogen and oxygen atoms in total. The van der Waals surface area contributed by atoms with Gasteiger partial charge in [0.2, 0.25) is 0 Å². The Morgan fingerprint density at radius 2 is 1.86 bits per heavy atom. The summed E-state index contributed by atoms with van der Waals surface area (Å²) in [6.45, 7) is 0. The summed E-state index contributed by atoms with van der Waals surface area (Å²) in [5.74, 6) is 0.561. The number of para-hydroxylation sites is 1. The van der Waals surface area contributed by atoms with Crippen molar-refractivity contribution < 1.29 is 0 Å². The molecule has 0 heterocycles. The summed E-state index contributed by atoms with van der Waals surface area (Å²) >= 11 is 0. The summed E-state index contributed by atoms with van der Waals surface area (Å²) in [5, 5.41) is 14.7. The van der Waals surface area contributed by atoms with Gasteiger partial charge in [-0.05, 0) is 50.9 Å². The number of benzene rings is 1. The molecule has 21 heavy (non-hydrogen) atoms. The van der Waals surface area contributed by atoms with Gasteiger partial charge in [0.1, 0.15) is 5.84 Å². The first-order valence-corrected chi connectivity index (χ1v) is 7.67. The van der Waals surface area contributed by atoms with E-state index in [1.807, 2.05) is 56.7 Å². The van der Waals surface area contributed by atoms with Crippen molar-refractivity contribution in [3.63, 3.8) is 0 Å². The zero-order valence-electron chi connectivity index (χ0n) is 13.0. The summed E-state index contributed by atoms with van der Waals surface area (Å²) < 4.78 is 0. The molecule has 0 aromatic heterocycles. The maximum atomic E-state index is 8.18. The van der Waals surface area contributed by atoms with Crippen molar-refractivity contribution in [2.45, 2.75) is 37.8 Å². The lowest BCUT2D eigenvalue weighted by Crippen LogP contribution is -2.41. The number of likely N-dealkylation sites (N-methyl/N-ethyl adjacent to an activating group) is 1. The van der Waals surface area contributed by atoms with E-state index in [-0.39, 0.29) is 0 Å². The number of rotatable bonds is 5. The quantitative estimate of drug-likeness (QED) is 0.576. The van der Waals surface area contributed by atoms with Crippen LogP contribution in [0, 0.1) is 5.41 Å². The summed E-state index contributed by atoms with van der Waals surface area (Å²) in [4.78, 5) is 2.09. The van der Waals surface area contributed by atoms with Gasteiger partial charge in [0.05, 0.1) is 0 Å². The number of nitrogens with zero attached hydrogens (tertiary/aromatic N) is 1. The predicted molar refractivity (Wildman–Crippen MR) is 89.8 cm³/mol. The summed E-state index contributed by atoms with van der Waals surface area (Å²) in [6, 6.07) is 11.1. The molecule has 3 N–H and O–H groups in total. The van der Waals surface area contributed by atoms with Crippen LogP contribution in [-0.4, -0.2) is 36.9 Å². The third-order valence-electron chi connectivity index (χ3n) is 4.30. The lowest BCUT2D eigenvalue weighted by molar-refractivity contribution is 0.248. The van der Waals surface area contributed by atoms with Crippen LogP contribution in [0.3, 0.4) is 0 Å². The van der Waals surface area contributed by atoms with Crippen LogP contribution in [0.1, 0.15) is 25.7 Å². The monoisotopic (exact) mass is 286 g/mol. The Labute approximate surface area is 127 Å². The highest BCUT2D eigenvalue weighted by atomic mass is 15.2. The number of anilines is 1. The first-order chi connectivity index (χ1) is 10.2. The smallest absolute Gasteiger partial charge is 0.122 e. The highest BCUT2D eigenvalue weighted by Gasteiger charge is 2.23. The molecule has 0 spiro atoms. The normalized spacial score (nSPS) is 22.2. The van der Waals surface area contributed by atoms with Gasteiger partial charge in [0.25, 0.3) is 0 Å². The van der Waals surface area contributed by atoms with Crippen LogP contribution < -0.4 is 10.6 Å². The molecule has 0 amide bonds. The van der Waals surface area contributed by atoms with E-state index in [0.717, 1.165) is 18.5 Å². The van der Waals surface area contributed by atoms with Gasteiger partial charge in [-0.15, -0.1) is 0 Å². The summed E-state index contributed by atoms with van der Waals surface area (Å²) in [6.07, 6.45) is 8.38. The Morgan fingerprint density at radius 1 is 1.19 bits per heavy atom. The lowest BCUT2D eigenvalue weighted by Gasteiger charge is -2.35. The minimum atomic E-state index is 0.489. The Balaban J connectivity index is 1.80. The minimum absolute atomic E-state index is 0.489. The molecule has 1 fully saturated rings. The fraction of sp³-hybridized carbons (Fsp3) is 0.471. The molecule has 1 aliphatic carbocycles. The zero-order chi connectivity index (χ0) is 15.1. The molecular formula is C17H26N4. The Kier molecular flexibility index (Phi) is 5.81. The van der Waals surface area contributed by atoms with Crippen molar-refractivity contribution in [3.8, 4) is 0 Å². The van der Waals surface area contributed by atoms with Crippen molar-refractivity contribution in [2.24, 2.45) is 0 Å². The van der Waals surface area contributed by atoms with Crippen molar-refractivity contribution in [3.05, 3.63) is 42.6 Å². The Morgan fingerprint density at radius 3 is 2.48 bits per heavy atom. The number of nitrogens with one attached hydrogen (secondary N) is 3. The molecule has 1 aromatic carbocycles. The molecule has 0 saturated heterocycles. The maximum absolute atomic E-state index is 8.18. The largest absolute Gasteiger partial charge is 0.362 e. The van der Waals surface area contributed by atoms with Gasteiger partial charge in [0.15, 0.2) is 0 Å². The van der Waals surface area contributed by atoms with Crippen LogP contribution >= 0.6 is 0 Å². The average Bonchev–Trinajstić information content (AvgIpc) is 2.55. The Hall–Kier alpha value is -1.81. The van der Waals surface area contributed by atoms with Gasteiger partial charge in [-0.1, -0.05) is 18.2 Å². The van der Waals surface area contributed by atoms with Crippen LogP contribution in [0.25, 0.3) is 0 Å². The third-order valence-corrected chi connectivity index (χ3v) is 4.30. The average molecular weight is 286 g/mol. The first kappa shape index (κ1) is 15.6. The van der Waals surface area contributed by atoms with Crippen molar-refractivity contribution in [2.75, 3.05) is 19.4 Å². The van der Waals surface area contributed by atoms with Gasteiger partial charge in [0, 0.05) is 31.0 Å². The summed E-state index contributed by atoms with van der Waals surface area (Å²) in [7, 11) is 4.06. The molecule has 114 valence electrons. The SMILES string of the molecule is CNC1CCC(N(C)C(=N)/C=C\Nc2ccccc2)CC1. The molecule has 1 saturated carbocycles. The standard InChI is InChI=1S/C17H26N4/c1-19-14-8-10-16(11-9-14)21(2)17(18)12-13-20-15-6-4-3-5-7-15/h3-7,12-14,16,18-20H,8-11H2,1-2H3/b13-12-,18-17?. The Bertz CT molecular complexity index is 461. The number of amidine groups is 1. The van der Waals surface area contributed by atoms with E-state index in [0.29, 0.717) is 17.9 Å². The lowest BCUT2D eigenvalue weighted by atomic mass is 9.90.